The van der Waals surface area contributed by atoms with Crippen LogP contribution in [0, 0.1) is 6.92 Å². The van der Waals surface area contributed by atoms with E-state index in [0.717, 1.165) is 5.75 Å². The fraction of sp³-hybridized carbons (Fsp3) is 0.667. The van der Waals surface area contributed by atoms with Gasteiger partial charge >= 0.3 is 0 Å². The van der Waals surface area contributed by atoms with Crippen molar-refractivity contribution < 1.29 is 0 Å². The van der Waals surface area contributed by atoms with Gasteiger partial charge in [0.05, 0.1) is 6.04 Å². The minimum Gasteiger partial charge on any atom is -0.312 e. The topological polar surface area (TPSA) is 12.0 Å². The molecule has 1 heterocycles. The molecule has 3 heteroatoms. The van der Waals surface area contributed by atoms with Crippen molar-refractivity contribution in [1.29, 1.82) is 0 Å². The van der Waals surface area contributed by atoms with E-state index in [1.807, 2.05) is 30.1 Å². The first-order valence-electron chi connectivity index (χ1n) is 5.29. The monoisotopic (exact) mass is 243 g/mol. The lowest BCUT2D eigenvalue weighted by Gasteiger charge is -2.22. The molecule has 1 N–H and O–H groups in total. The predicted molar refractivity (Wildman–Crippen MR) is 73.1 cm³/mol. The van der Waals surface area contributed by atoms with Crippen LogP contribution >= 0.6 is 23.1 Å². The normalized spacial score (nSPS) is 14.2. The molecule has 1 rings (SSSR count). The fourth-order valence-corrected chi connectivity index (χ4v) is 3.51. The Kier molecular flexibility index (Phi) is 4.68. The standard InChI is InChI=1S/C12H21NS2/c1-9-6-7-14-11(9)10(13-5)8-15-12(2,3)4/h6-7,10,13H,8H2,1-5H3. The summed E-state index contributed by atoms with van der Waals surface area (Å²) in [6.07, 6.45) is 0. The van der Waals surface area contributed by atoms with E-state index in [0.29, 0.717) is 10.8 Å². The summed E-state index contributed by atoms with van der Waals surface area (Å²) in [6.45, 7) is 9.00. The molecule has 0 aliphatic heterocycles. The zero-order valence-electron chi connectivity index (χ0n) is 10.3. The third-order valence-corrected chi connectivity index (χ3v) is 4.75. The number of rotatable bonds is 4. The number of thiophene rings is 1. The quantitative estimate of drug-likeness (QED) is 0.862. The Labute approximate surface area is 102 Å². The molecule has 1 aromatic heterocycles. The molecule has 1 unspecified atom stereocenters. The Morgan fingerprint density at radius 1 is 1.47 bits per heavy atom. The summed E-state index contributed by atoms with van der Waals surface area (Å²) in [5, 5.41) is 5.58. The van der Waals surface area contributed by atoms with Crippen molar-refractivity contribution in [3.8, 4) is 0 Å². The summed E-state index contributed by atoms with van der Waals surface area (Å²) in [6, 6.07) is 2.70. The molecule has 1 aromatic rings. The first-order valence-corrected chi connectivity index (χ1v) is 7.16. The molecule has 0 spiro atoms. The van der Waals surface area contributed by atoms with E-state index < -0.39 is 0 Å². The Bertz CT molecular complexity index is 299. The van der Waals surface area contributed by atoms with Gasteiger partial charge in [0.15, 0.2) is 0 Å². The molecule has 0 saturated carbocycles. The molecular formula is C12H21NS2. The first kappa shape index (κ1) is 13.1. The lowest BCUT2D eigenvalue weighted by Crippen LogP contribution is -2.21. The Balaban J connectivity index is 2.61. The summed E-state index contributed by atoms with van der Waals surface area (Å²) in [7, 11) is 2.05. The van der Waals surface area contributed by atoms with Crippen LogP contribution in [0.2, 0.25) is 0 Å². The van der Waals surface area contributed by atoms with Gasteiger partial charge in [-0.1, -0.05) is 20.8 Å². The van der Waals surface area contributed by atoms with E-state index in [1.165, 1.54) is 10.4 Å². The second kappa shape index (κ2) is 5.37. The van der Waals surface area contributed by atoms with Crippen LogP contribution in [0.15, 0.2) is 11.4 Å². The molecule has 0 aromatic carbocycles. The van der Waals surface area contributed by atoms with E-state index in [4.69, 9.17) is 0 Å². The fourth-order valence-electron chi connectivity index (χ4n) is 1.36. The number of hydrogen-bond donors (Lipinski definition) is 1. The average Bonchev–Trinajstić information content (AvgIpc) is 2.52. The maximum Gasteiger partial charge on any atom is 0.0507 e. The third kappa shape index (κ3) is 4.17. The number of nitrogens with one attached hydrogen (secondary N) is 1. The Morgan fingerprint density at radius 2 is 2.13 bits per heavy atom. The van der Waals surface area contributed by atoms with Crippen molar-refractivity contribution in [2.75, 3.05) is 12.8 Å². The van der Waals surface area contributed by atoms with Gasteiger partial charge in [-0.2, -0.15) is 11.8 Å². The lowest BCUT2D eigenvalue weighted by molar-refractivity contribution is 0.664. The van der Waals surface area contributed by atoms with Gasteiger partial charge in [0.1, 0.15) is 0 Å². The number of aryl methyl sites for hydroxylation is 1. The van der Waals surface area contributed by atoms with Gasteiger partial charge in [0.2, 0.25) is 0 Å². The van der Waals surface area contributed by atoms with Crippen LogP contribution in [0.5, 0.6) is 0 Å². The van der Waals surface area contributed by atoms with Gasteiger partial charge in [-0.3, -0.25) is 0 Å². The van der Waals surface area contributed by atoms with Crippen LogP contribution in [0.3, 0.4) is 0 Å². The molecule has 0 saturated heterocycles. The molecule has 0 amide bonds. The summed E-state index contributed by atoms with van der Waals surface area (Å²) in [5.41, 5.74) is 1.41. The zero-order valence-corrected chi connectivity index (χ0v) is 11.9. The number of hydrogen-bond acceptors (Lipinski definition) is 3. The van der Waals surface area contributed by atoms with E-state index in [1.54, 1.807) is 0 Å². The van der Waals surface area contributed by atoms with Gasteiger partial charge in [-0.25, -0.2) is 0 Å². The zero-order chi connectivity index (χ0) is 11.5. The van der Waals surface area contributed by atoms with Gasteiger partial charge < -0.3 is 5.32 Å². The highest BCUT2D eigenvalue weighted by molar-refractivity contribution is 8.00. The minimum atomic E-state index is 0.347. The molecular weight excluding hydrogens is 222 g/mol. The molecule has 15 heavy (non-hydrogen) atoms. The minimum absolute atomic E-state index is 0.347. The molecule has 86 valence electrons. The van der Waals surface area contributed by atoms with Crippen molar-refractivity contribution in [3.05, 3.63) is 21.9 Å². The second-order valence-electron chi connectivity index (χ2n) is 4.73. The van der Waals surface area contributed by atoms with Crippen LogP contribution in [-0.2, 0) is 0 Å². The first-order chi connectivity index (χ1) is 6.94. The highest BCUT2D eigenvalue weighted by Gasteiger charge is 2.17. The maximum absolute atomic E-state index is 3.41. The van der Waals surface area contributed by atoms with Gasteiger partial charge in [0.25, 0.3) is 0 Å². The van der Waals surface area contributed by atoms with Crippen LogP contribution in [-0.4, -0.2) is 17.5 Å². The van der Waals surface area contributed by atoms with Crippen LogP contribution in [0.1, 0.15) is 37.3 Å². The highest BCUT2D eigenvalue weighted by atomic mass is 32.2. The number of thioether (sulfide) groups is 1. The Hall–Kier alpha value is 0.0100. The summed E-state index contributed by atoms with van der Waals surface area (Å²) in [4.78, 5) is 1.48. The second-order valence-corrected chi connectivity index (χ2v) is 7.53. The molecule has 0 fully saturated rings. The molecule has 1 atom stereocenters. The van der Waals surface area contributed by atoms with E-state index in [9.17, 15) is 0 Å². The molecule has 0 bridgehead atoms. The van der Waals surface area contributed by atoms with E-state index >= 15 is 0 Å². The van der Waals surface area contributed by atoms with Crippen molar-refractivity contribution in [3.63, 3.8) is 0 Å². The molecule has 0 aliphatic rings. The summed E-state index contributed by atoms with van der Waals surface area (Å²) >= 11 is 3.87. The molecule has 0 aliphatic carbocycles. The van der Waals surface area contributed by atoms with Gasteiger partial charge in [0, 0.05) is 15.4 Å². The van der Waals surface area contributed by atoms with Gasteiger partial charge in [-0.05, 0) is 31.0 Å². The van der Waals surface area contributed by atoms with Gasteiger partial charge in [-0.15, -0.1) is 11.3 Å². The third-order valence-electron chi connectivity index (χ3n) is 2.25. The Morgan fingerprint density at radius 3 is 2.53 bits per heavy atom. The predicted octanol–water partition coefficient (Wildman–Crippen LogP) is 3.85. The maximum atomic E-state index is 3.41. The van der Waals surface area contributed by atoms with E-state index in [2.05, 4.69) is 44.5 Å². The summed E-state index contributed by atoms with van der Waals surface area (Å²) < 4.78 is 0.347. The average molecular weight is 243 g/mol. The van der Waals surface area contributed by atoms with E-state index in [-0.39, 0.29) is 0 Å². The van der Waals surface area contributed by atoms with Crippen LogP contribution in [0.25, 0.3) is 0 Å². The highest BCUT2D eigenvalue weighted by Crippen LogP contribution is 2.31. The molecule has 1 nitrogen and oxygen atoms in total. The van der Waals surface area contributed by atoms with Crippen molar-refractivity contribution in [2.45, 2.75) is 38.5 Å². The van der Waals surface area contributed by atoms with Crippen molar-refractivity contribution in [1.82, 2.24) is 5.32 Å². The van der Waals surface area contributed by atoms with Crippen molar-refractivity contribution in [2.24, 2.45) is 0 Å². The van der Waals surface area contributed by atoms with Crippen LogP contribution in [0.4, 0.5) is 0 Å². The lowest BCUT2D eigenvalue weighted by atomic mass is 10.2. The SMILES string of the molecule is CNC(CSC(C)(C)C)c1sccc1C. The molecule has 0 radical (unpaired) electrons. The van der Waals surface area contributed by atoms with Crippen molar-refractivity contribution >= 4 is 23.1 Å². The van der Waals surface area contributed by atoms with Crippen LogP contribution < -0.4 is 5.32 Å². The summed E-state index contributed by atoms with van der Waals surface area (Å²) in [5.74, 6) is 1.14. The smallest absolute Gasteiger partial charge is 0.0507 e. The largest absolute Gasteiger partial charge is 0.312 e.